The van der Waals surface area contributed by atoms with Gasteiger partial charge in [-0.25, -0.2) is 4.98 Å². The summed E-state index contributed by atoms with van der Waals surface area (Å²) in [5, 5.41) is 13.3. The van der Waals surface area contributed by atoms with E-state index in [0.29, 0.717) is 21.3 Å². The van der Waals surface area contributed by atoms with Gasteiger partial charge >= 0.3 is 0 Å². The average Bonchev–Trinajstić information content (AvgIpc) is 3.06. The van der Waals surface area contributed by atoms with Gasteiger partial charge in [0.05, 0.1) is 11.5 Å². The standard InChI is InChI=1S/C21H20F2N4O3S/c1-12-4-9-17(13(2)10-12)21(22,23)11-24-19(28)18-20(26-14(3)25-18)31-16-7-5-15(6-8-16)27(29)30/h4-10H,11H2,1-3H3,(H,24,28)(H,25,26). The maximum atomic E-state index is 14.7. The van der Waals surface area contributed by atoms with Crippen LogP contribution in [-0.4, -0.2) is 27.3 Å². The Bertz CT molecular complexity index is 1130. The van der Waals surface area contributed by atoms with E-state index in [1.54, 1.807) is 26.0 Å². The van der Waals surface area contributed by atoms with E-state index in [0.717, 1.165) is 17.3 Å². The summed E-state index contributed by atoms with van der Waals surface area (Å²) >= 11 is 1.10. The molecule has 0 aliphatic heterocycles. The topological polar surface area (TPSA) is 101 Å². The van der Waals surface area contributed by atoms with Crippen molar-refractivity contribution >= 4 is 23.4 Å². The molecule has 7 nitrogen and oxygen atoms in total. The average molecular weight is 446 g/mol. The number of imidazole rings is 1. The minimum atomic E-state index is -3.24. The molecule has 2 aromatic carbocycles. The number of aromatic nitrogens is 2. The zero-order valence-corrected chi connectivity index (χ0v) is 17.8. The van der Waals surface area contributed by atoms with Crippen LogP contribution in [0.25, 0.3) is 0 Å². The zero-order chi connectivity index (χ0) is 22.8. The zero-order valence-electron chi connectivity index (χ0n) is 17.0. The quantitative estimate of drug-likeness (QED) is 0.396. The predicted octanol–water partition coefficient (Wildman–Crippen LogP) is 4.92. The van der Waals surface area contributed by atoms with Gasteiger partial charge in [0.15, 0.2) is 0 Å². The predicted molar refractivity (Wildman–Crippen MR) is 113 cm³/mol. The van der Waals surface area contributed by atoms with Crippen molar-refractivity contribution in [2.24, 2.45) is 0 Å². The van der Waals surface area contributed by atoms with Gasteiger partial charge in [0.1, 0.15) is 16.5 Å². The monoisotopic (exact) mass is 446 g/mol. The summed E-state index contributed by atoms with van der Waals surface area (Å²) in [4.78, 5) is 30.5. The minimum absolute atomic E-state index is 0.0530. The fraction of sp³-hybridized carbons (Fsp3) is 0.238. The maximum Gasteiger partial charge on any atom is 0.290 e. The summed E-state index contributed by atoms with van der Waals surface area (Å²) in [7, 11) is 0. The third-order valence-corrected chi connectivity index (χ3v) is 5.52. The summed E-state index contributed by atoms with van der Waals surface area (Å²) in [5.74, 6) is -3.51. The molecule has 0 spiro atoms. The van der Waals surface area contributed by atoms with Crippen LogP contribution in [0.3, 0.4) is 0 Å². The van der Waals surface area contributed by atoms with Crippen molar-refractivity contribution in [2.75, 3.05) is 6.54 Å². The number of nitrogens with zero attached hydrogens (tertiary/aromatic N) is 2. The Labute approximate surface area is 181 Å². The normalized spacial score (nSPS) is 11.4. The molecule has 31 heavy (non-hydrogen) atoms. The minimum Gasteiger partial charge on any atom is -0.344 e. The van der Waals surface area contributed by atoms with Crippen LogP contribution in [0.2, 0.25) is 0 Å². The fourth-order valence-electron chi connectivity index (χ4n) is 3.04. The first kappa shape index (κ1) is 22.4. The van der Waals surface area contributed by atoms with Crippen molar-refractivity contribution in [3.63, 3.8) is 0 Å². The van der Waals surface area contributed by atoms with E-state index in [4.69, 9.17) is 0 Å². The highest BCUT2D eigenvalue weighted by Gasteiger charge is 2.34. The first-order valence-electron chi connectivity index (χ1n) is 9.29. The Balaban J connectivity index is 1.74. The smallest absolute Gasteiger partial charge is 0.290 e. The summed E-state index contributed by atoms with van der Waals surface area (Å²) in [6, 6.07) is 10.4. The second kappa shape index (κ2) is 8.84. The van der Waals surface area contributed by atoms with Crippen molar-refractivity contribution in [3.05, 3.63) is 80.8 Å². The van der Waals surface area contributed by atoms with Gasteiger partial charge in [-0.3, -0.25) is 14.9 Å². The number of rotatable bonds is 7. The Morgan fingerprint density at radius 3 is 2.48 bits per heavy atom. The number of halogens is 2. The molecule has 10 heteroatoms. The van der Waals surface area contributed by atoms with Crippen LogP contribution in [0.5, 0.6) is 0 Å². The van der Waals surface area contributed by atoms with Gasteiger partial charge in [0.25, 0.3) is 17.5 Å². The molecule has 1 heterocycles. The second-order valence-electron chi connectivity index (χ2n) is 7.06. The molecule has 1 amide bonds. The molecule has 3 aromatic rings. The number of hydrogen-bond acceptors (Lipinski definition) is 5. The van der Waals surface area contributed by atoms with Crippen molar-refractivity contribution in [1.82, 2.24) is 15.3 Å². The highest BCUT2D eigenvalue weighted by molar-refractivity contribution is 7.99. The van der Waals surface area contributed by atoms with Crippen LogP contribution in [0.1, 0.15) is 33.0 Å². The number of non-ortho nitro benzene ring substituents is 1. The molecule has 162 valence electrons. The highest BCUT2D eigenvalue weighted by Crippen LogP contribution is 2.32. The van der Waals surface area contributed by atoms with Crippen molar-refractivity contribution < 1.29 is 18.5 Å². The van der Waals surface area contributed by atoms with Crippen LogP contribution in [-0.2, 0) is 5.92 Å². The van der Waals surface area contributed by atoms with Gasteiger partial charge in [0.2, 0.25) is 0 Å². The third-order valence-electron chi connectivity index (χ3n) is 4.53. The molecule has 0 aliphatic carbocycles. The number of H-pyrrole nitrogens is 1. The number of carbonyl (C=O) groups excluding carboxylic acids is 1. The number of nitrogens with one attached hydrogen (secondary N) is 2. The van der Waals surface area contributed by atoms with E-state index in [2.05, 4.69) is 15.3 Å². The van der Waals surface area contributed by atoms with Crippen LogP contribution < -0.4 is 5.32 Å². The SMILES string of the molecule is Cc1ccc(C(F)(F)CNC(=O)c2[nH]c(C)nc2Sc2ccc([N+](=O)[O-])cc2)c(C)c1. The fourth-order valence-corrected chi connectivity index (χ4v) is 3.97. The van der Waals surface area contributed by atoms with E-state index in [9.17, 15) is 23.7 Å². The molecular weight excluding hydrogens is 426 g/mol. The lowest BCUT2D eigenvalue weighted by Gasteiger charge is -2.19. The number of aromatic amines is 1. The molecule has 0 unspecified atom stereocenters. The van der Waals surface area contributed by atoms with E-state index in [1.165, 1.54) is 30.3 Å². The van der Waals surface area contributed by atoms with Crippen LogP contribution in [0.15, 0.2) is 52.4 Å². The summed E-state index contributed by atoms with van der Waals surface area (Å²) < 4.78 is 29.4. The first-order valence-corrected chi connectivity index (χ1v) is 10.1. The van der Waals surface area contributed by atoms with E-state index >= 15 is 0 Å². The number of amides is 1. The summed E-state index contributed by atoms with van der Waals surface area (Å²) in [6.45, 7) is 4.20. The first-order chi connectivity index (χ1) is 14.6. The van der Waals surface area contributed by atoms with Gasteiger partial charge < -0.3 is 10.3 Å². The lowest BCUT2D eigenvalue weighted by molar-refractivity contribution is -0.384. The maximum absolute atomic E-state index is 14.7. The van der Waals surface area contributed by atoms with Crippen molar-refractivity contribution in [3.8, 4) is 0 Å². The molecule has 3 rings (SSSR count). The number of nitro benzene ring substituents is 1. The van der Waals surface area contributed by atoms with Crippen LogP contribution in [0, 0.1) is 30.9 Å². The molecule has 0 radical (unpaired) electrons. The van der Waals surface area contributed by atoms with E-state index < -0.39 is 23.3 Å². The third kappa shape index (κ3) is 5.26. The van der Waals surface area contributed by atoms with E-state index in [1.807, 2.05) is 6.92 Å². The second-order valence-corrected chi connectivity index (χ2v) is 8.12. The van der Waals surface area contributed by atoms with Gasteiger partial charge in [-0.2, -0.15) is 8.78 Å². The lowest BCUT2D eigenvalue weighted by Crippen LogP contribution is -2.35. The molecule has 2 N–H and O–H groups in total. The molecule has 1 aromatic heterocycles. The van der Waals surface area contributed by atoms with Crippen LogP contribution in [0.4, 0.5) is 14.5 Å². The number of alkyl halides is 2. The summed E-state index contributed by atoms with van der Waals surface area (Å²) in [6.07, 6.45) is 0. The van der Waals surface area contributed by atoms with E-state index in [-0.39, 0.29) is 16.9 Å². The molecule has 0 bridgehead atoms. The van der Waals surface area contributed by atoms with Crippen molar-refractivity contribution in [2.45, 2.75) is 36.6 Å². The number of nitro groups is 1. The number of hydrogen-bond donors (Lipinski definition) is 2. The summed E-state index contributed by atoms with van der Waals surface area (Å²) in [5.41, 5.74) is 1.18. The Hall–Kier alpha value is -3.27. The van der Waals surface area contributed by atoms with Crippen molar-refractivity contribution in [1.29, 1.82) is 0 Å². The van der Waals surface area contributed by atoms with Gasteiger partial charge in [-0.1, -0.05) is 35.5 Å². The number of aryl methyl sites for hydroxylation is 3. The molecule has 0 fully saturated rings. The largest absolute Gasteiger partial charge is 0.344 e. The Morgan fingerprint density at radius 2 is 1.87 bits per heavy atom. The highest BCUT2D eigenvalue weighted by atomic mass is 32.2. The Kier molecular flexibility index (Phi) is 6.40. The molecule has 0 aliphatic rings. The van der Waals surface area contributed by atoms with Gasteiger partial charge in [-0.15, -0.1) is 0 Å². The molecule has 0 atom stereocenters. The Morgan fingerprint density at radius 1 is 1.19 bits per heavy atom. The number of carbonyl (C=O) groups is 1. The molecule has 0 saturated carbocycles. The van der Waals surface area contributed by atoms with Crippen LogP contribution >= 0.6 is 11.8 Å². The molecular formula is C21H20F2N4O3S. The molecule has 0 saturated heterocycles. The number of benzene rings is 2. The van der Waals surface area contributed by atoms with Gasteiger partial charge in [0, 0.05) is 22.6 Å². The van der Waals surface area contributed by atoms with Gasteiger partial charge in [-0.05, 0) is 38.5 Å². The lowest BCUT2D eigenvalue weighted by atomic mass is 10.0.